The molecule has 0 heterocycles. The fraction of sp³-hybridized carbons (Fsp3) is 0.500. The molecule has 1 aliphatic carbocycles. The molecule has 1 fully saturated rings. The van der Waals surface area contributed by atoms with Gasteiger partial charge in [0.25, 0.3) is 5.69 Å². The number of rotatable bonds is 5. The zero-order valence-corrected chi connectivity index (χ0v) is 12.1. The highest BCUT2D eigenvalue weighted by Gasteiger charge is 2.31. The number of benzene rings is 1. The van der Waals surface area contributed by atoms with Gasteiger partial charge in [-0.25, -0.2) is 4.79 Å². The van der Waals surface area contributed by atoms with Crippen LogP contribution in [0.2, 0.25) is 0 Å². The number of urea groups is 1. The molecule has 1 aromatic carbocycles. The van der Waals surface area contributed by atoms with E-state index in [1.54, 1.807) is 20.0 Å². The van der Waals surface area contributed by atoms with E-state index in [1.807, 2.05) is 0 Å². The van der Waals surface area contributed by atoms with Crippen molar-refractivity contribution in [3.05, 3.63) is 33.9 Å². The zero-order chi connectivity index (χ0) is 15.6. The molecule has 2 N–H and O–H groups in total. The molecule has 21 heavy (non-hydrogen) atoms. The molecule has 0 aromatic heterocycles. The molecule has 1 saturated carbocycles. The number of aliphatic hydroxyl groups excluding tert-OH is 1. The fourth-order valence-corrected chi connectivity index (χ4v) is 2.16. The lowest BCUT2D eigenvalue weighted by Gasteiger charge is -2.21. The highest BCUT2D eigenvalue weighted by Crippen LogP contribution is 2.32. The quantitative estimate of drug-likeness (QED) is 0.642. The number of nitro groups is 1. The summed E-state index contributed by atoms with van der Waals surface area (Å²) in [6, 6.07) is 4.15. The molecule has 0 aliphatic heterocycles. The van der Waals surface area contributed by atoms with Gasteiger partial charge in [-0.3, -0.25) is 10.1 Å². The number of amides is 2. The first-order valence-corrected chi connectivity index (χ1v) is 6.84. The van der Waals surface area contributed by atoms with E-state index in [1.165, 1.54) is 17.0 Å². The minimum atomic E-state index is -0.507. The highest BCUT2D eigenvalue weighted by molar-refractivity contribution is 5.90. The molecule has 7 nitrogen and oxygen atoms in total. The molecule has 114 valence electrons. The Morgan fingerprint density at radius 3 is 2.81 bits per heavy atom. The Hall–Kier alpha value is -2.15. The van der Waals surface area contributed by atoms with Crippen molar-refractivity contribution in [3.63, 3.8) is 0 Å². The second-order valence-corrected chi connectivity index (χ2v) is 5.42. The maximum Gasteiger partial charge on any atom is 0.321 e. The average molecular weight is 293 g/mol. The zero-order valence-electron chi connectivity index (χ0n) is 12.1. The molecule has 0 radical (unpaired) electrons. The van der Waals surface area contributed by atoms with Gasteiger partial charge in [-0.05, 0) is 31.7 Å². The van der Waals surface area contributed by atoms with Gasteiger partial charge in [0.1, 0.15) is 0 Å². The monoisotopic (exact) mass is 293 g/mol. The average Bonchev–Trinajstić information content (AvgIpc) is 3.24. The Morgan fingerprint density at radius 2 is 2.24 bits per heavy atom. The number of carbonyl (C=O) groups is 1. The SMILES string of the molecule is Cc1c(NC(=O)N(C)CC(O)C2CC2)cccc1[N+](=O)[O-]. The maximum atomic E-state index is 12.1. The van der Waals surface area contributed by atoms with Crippen LogP contribution in [-0.2, 0) is 0 Å². The van der Waals surface area contributed by atoms with Gasteiger partial charge in [-0.2, -0.15) is 0 Å². The van der Waals surface area contributed by atoms with Crippen molar-refractivity contribution in [3.8, 4) is 0 Å². The molecule has 7 heteroatoms. The van der Waals surface area contributed by atoms with Crippen LogP contribution in [-0.4, -0.2) is 40.7 Å². The van der Waals surface area contributed by atoms with E-state index < -0.39 is 17.1 Å². The summed E-state index contributed by atoms with van der Waals surface area (Å²) in [5.74, 6) is 0.291. The van der Waals surface area contributed by atoms with Crippen LogP contribution in [0.1, 0.15) is 18.4 Å². The van der Waals surface area contributed by atoms with Crippen LogP contribution >= 0.6 is 0 Å². The summed E-state index contributed by atoms with van der Waals surface area (Å²) >= 11 is 0. The van der Waals surface area contributed by atoms with Crippen LogP contribution in [0.3, 0.4) is 0 Å². The molecule has 0 spiro atoms. The van der Waals surface area contributed by atoms with Crippen LogP contribution in [0.25, 0.3) is 0 Å². The van der Waals surface area contributed by atoms with E-state index >= 15 is 0 Å². The standard InChI is InChI=1S/C14H19N3O4/c1-9-11(4-3-5-12(9)17(20)21)15-14(19)16(2)8-13(18)10-6-7-10/h3-5,10,13,18H,6-8H2,1-2H3,(H,15,19). The number of anilines is 1. The second-order valence-electron chi connectivity index (χ2n) is 5.42. The van der Waals surface area contributed by atoms with Gasteiger partial charge >= 0.3 is 6.03 Å². The normalized spacial score (nSPS) is 15.4. The van der Waals surface area contributed by atoms with Crippen LogP contribution in [0.4, 0.5) is 16.2 Å². The number of aliphatic hydroxyl groups is 1. The Balaban J connectivity index is 2.01. The van der Waals surface area contributed by atoms with Gasteiger partial charge in [-0.1, -0.05) is 6.07 Å². The molecule has 0 bridgehead atoms. The first-order chi connectivity index (χ1) is 9.90. The maximum absolute atomic E-state index is 12.1. The van der Waals surface area contributed by atoms with Gasteiger partial charge in [0.15, 0.2) is 0 Å². The lowest BCUT2D eigenvalue weighted by molar-refractivity contribution is -0.385. The molecule has 1 aliphatic rings. The summed E-state index contributed by atoms with van der Waals surface area (Å²) in [4.78, 5) is 23.8. The van der Waals surface area contributed by atoms with Crippen LogP contribution in [0.15, 0.2) is 18.2 Å². The third kappa shape index (κ3) is 3.69. The molecular formula is C14H19N3O4. The van der Waals surface area contributed by atoms with Gasteiger partial charge < -0.3 is 15.3 Å². The molecule has 1 atom stereocenters. The Bertz CT molecular complexity index is 557. The van der Waals surface area contributed by atoms with Crippen LogP contribution in [0.5, 0.6) is 0 Å². The Kier molecular flexibility index (Phi) is 4.42. The van der Waals surface area contributed by atoms with E-state index in [9.17, 15) is 20.0 Å². The van der Waals surface area contributed by atoms with E-state index in [2.05, 4.69) is 5.32 Å². The predicted molar refractivity (Wildman–Crippen MR) is 78.2 cm³/mol. The molecule has 0 saturated heterocycles. The van der Waals surface area contributed by atoms with Crippen LogP contribution < -0.4 is 5.32 Å². The first kappa shape index (κ1) is 15.2. The largest absolute Gasteiger partial charge is 0.391 e. The topological polar surface area (TPSA) is 95.7 Å². The van der Waals surface area contributed by atoms with Gasteiger partial charge in [-0.15, -0.1) is 0 Å². The summed E-state index contributed by atoms with van der Waals surface area (Å²) in [6.07, 6.45) is 1.49. The van der Waals surface area contributed by atoms with Gasteiger partial charge in [0, 0.05) is 19.7 Å². The number of likely N-dealkylation sites (N-methyl/N-ethyl adjacent to an activating group) is 1. The van der Waals surface area contributed by atoms with Crippen molar-refractivity contribution in [2.45, 2.75) is 25.9 Å². The molecule has 1 aromatic rings. The Morgan fingerprint density at radius 1 is 1.57 bits per heavy atom. The van der Waals surface area contributed by atoms with Gasteiger partial charge in [0.2, 0.25) is 0 Å². The minimum Gasteiger partial charge on any atom is -0.391 e. The summed E-state index contributed by atoms with van der Waals surface area (Å²) in [5, 5.41) is 23.3. The predicted octanol–water partition coefficient (Wildman–Crippen LogP) is 2.14. The minimum absolute atomic E-state index is 0.0338. The van der Waals surface area contributed by atoms with Crippen molar-refractivity contribution in [1.82, 2.24) is 4.90 Å². The number of nitro benzene ring substituents is 1. The summed E-state index contributed by atoms with van der Waals surface area (Å²) in [6.45, 7) is 1.84. The Labute approximate surface area is 122 Å². The molecule has 2 rings (SSSR count). The van der Waals surface area contributed by atoms with Crippen molar-refractivity contribution in [2.24, 2.45) is 5.92 Å². The van der Waals surface area contributed by atoms with Crippen molar-refractivity contribution < 1.29 is 14.8 Å². The second kappa shape index (κ2) is 6.09. The first-order valence-electron chi connectivity index (χ1n) is 6.84. The number of nitrogens with zero attached hydrogens (tertiary/aromatic N) is 2. The number of hydrogen-bond acceptors (Lipinski definition) is 4. The van der Waals surface area contributed by atoms with E-state index in [-0.39, 0.29) is 12.2 Å². The van der Waals surface area contributed by atoms with Crippen LogP contribution in [0, 0.1) is 23.0 Å². The number of carbonyl (C=O) groups excluding carboxylic acids is 1. The fourth-order valence-electron chi connectivity index (χ4n) is 2.16. The molecule has 2 amide bonds. The van der Waals surface area contributed by atoms with Crippen molar-refractivity contribution in [1.29, 1.82) is 0 Å². The van der Waals surface area contributed by atoms with E-state index in [0.29, 0.717) is 17.2 Å². The summed E-state index contributed by atoms with van der Waals surface area (Å²) in [5.41, 5.74) is 0.780. The van der Waals surface area contributed by atoms with E-state index in [4.69, 9.17) is 0 Å². The smallest absolute Gasteiger partial charge is 0.321 e. The lowest BCUT2D eigenvalue weighted by atomic mass is 10.1. The third-order valence-corrected chi connectivity index (χ3v) is 3.72. The van der Waals surface area contributed by atoms with Crippen molar-refractivity contribution in [2.75, 3.05) is 18.9 Å². The summed E-state index contributed by atoms with van der Waals surface area (Å²) < 4.78 is 0. The van der Waals surface area contributed by atoms with E-state index in [0.717, 1.165) is 12.8 Å². The number of hydrogen-bond donors (Lipinski definition) is 2. The van der Waals surface area contributed by atoms with Gasteiger partial charge in [0.05, 0.1) is 22.3 Å². The lowest BCUT2D eigenvalue weighted by Crippen LogP contribution is -2.38. The molecular weight excluding hydrogens is 274 g/mol. The highest BCUT2D eigenvalue weighted by atomic mass is 16.6. The number of nitrogens with one attached hydrogen (secondary N) is 1. The summed E-state index contributed by atoms with van der Waals surface area (Å²) in [7, 11) is 1.59. The third-order valence-electron chi connectivity index (χ3n) is 3.72. The van der Waals surface area contributed by atoms with Crippen molar-refractivity contribution >= 4 is 17.4 Å². The molecule has 1 unspecified atom stereocenters.